The van der Waals surface area contributed by atoms with Crippen molar-refractivity contribution in [2.75, 3.05) is 36.4 Å². The molecule has 1 atom stereocenters. The highest BCUT2D eigenvalue weighted by Crippen LogP contribution is 2.35. The summed E-state index contributed by atoms with van der Waals surface area (Å²) in [5, 5.41) is 8.14. The van der Waals surface area contributed by atoms with E-state index in [0.29, 0.717) is 10.6 Å². The van der Waals surface area contributed by atoms with Crippen molar-refractivity contribution in [2.45, 2.75) is 13.0 Å². The predicted molar refractivity (Wildman–Crippen MR) is 134 cm³/mol. The molecule has 4 aromatic rings. The number of piperazine rings is 1. The Labute approximate surface area is 197 Å². The van der Waals surface area contributed by atoms with Gasteiger partial charge in [-0.25, -0.2) is 9.37 Å². The Morgan fingerprint density at radius 3 is 2.55 bits per heavy atom. The van der Waals surface area contributed by atoms with Gasteiger partial charge in [0.25, 0.3) is 0 Å². The summed E-state index contributed by atoms with van der Waals surface area (Å²) in [5.74, 6) is 0.746. The number of hydrogen-bond acceptors (Lipinski definition) is 5. The highest BCUT2D eigenvalue weighted by Gasteiger charge is 2.16. The maximum Gasteiger partial charge on any atom is 0.128 e. The number of aromatic nitrogens is 2. The lowest BCUT2D eigenvalue weighted by Crippen LogP contribution is -2.43. The van der Waals surface area contributed by atoms with Gasteiger partial charge in [0.2, 0.25) is 0 Å². The zero-order valence-corrected chi connectivity index (χ0v) is 19.1. The number of fused-ring (bicyclic) bond motifs is 1. The maximum atomic E-state index is 14.3. The largest absolute Gasteiger partial charge is 0.377 e. The zero-order valence-electron chi connectivity index (χ0n) is 18.4. The van der Waals surface area contributed by atoms with E-state index in [-0.39, 0.29) is 11.9 Å². The second kappa shape index (κ2) is 9.33. The molecule has 0 amide bonds. The van der Waals surface area contributed by atoms with E-state index >= 15 is 0 Å². The molecule has 0 spiro atoms. The Bertz CT molecular complexity index is 1270. The SMILES string of the molecule is C[C@@H](Nc1c(Cl)cnc2ccc(-c3ccc(N4CCNCC4)nc3)cc12)c1ccccc1F. The lowest BCUT2D eigenvalue weighted by Gasteiger charge is -2.28. The van der Waals surface area contributed by atoms with Crippen LogP contribution in [-0.2, 0) is 0 Å². The third kappa shape index (κ3) is 4.49. The van der Waals surface area contributed by atoms with Crippen molar-refractivity contribution >= 4 is 34.0 Å². The van der Waals surface area contributed by atoms with E-state index in [9.17, 15) is 4.39 Å². The molecular formula is C26H25ClFN5. The predicted octanol–water partition coefficient (Wildman–Crippen LogP) is 5.67. The molecule has 1 saturated heterocycles. The summed E-state index contributed by atoms with van der Waals surface area (Å²) in [7, 11) is 0. The van der Waals surface area contributed by atoms with Crippen molar-refractivity contribution in [3.8, 4) is 11.1 Å². The van der Waals surface area contributed by atoms with Crippen molar-refractivity contribution in [1.82, 2.24) is 15.3 Å². The summed E-state index contributed by atoms with van der Waals surface area (Å²) >= 11 is 6.54. The minimum absolute atomic E-state index is 0.247. The average Bonchev–Trinajstić information content (AvgIpc) is 2.86. The molecule has 5 rings (SSSR count). The summed E-state index contributed by atoms with van der Waals surface area (Å²) < 4.78 is 14.3. The van der Waals surface area contributed by atoms with Gasteiger partial charge >= 0.3 is 0 Å². The third-order valence-electron chi connectivity index (χ3n) is 6.08. The quantitative estimate of drug-likeness (QED) is 0.401. The summed E-state index contributed by atoms with van der Waals surface area (Å²) in [6, 6.07) is 16.7. The smallest absolute Gasteiger partial charge is 0.128 e. The Morgan fingerprint density at radius 2 is 1.79 bits per heavy atom. The molecule has 3 heterocycles. The number of rotatable bonds is 5. The fourth-order valence-corrected chi connectivity index (χ4v) is 4.46. The Hall–Kier alpha value is -3.22. The molecule has 2 aromatic heterocycles. The van der Waals surface area contributed by atoms with Crippen LogP contribution in [0.5, 0.6) is 0 Å². The summed E-state index contributed by atoms with van der Waals surface area (Å²) in [4.78, 5) is 11.5. The number of anilines is 2. The first-order chi connectivity index (χ1) is 16.1. The average molecular weight is 462 g/mol. The number of nitrogens with zero attached hydrogens (tertiary/aromatic N) is 3. The summed E-state index contributed by atoms with van der Waals surface area (Å²) in [6.45, 7) is 5.79. The Morgan fingerprint density at radius 1 is 1.00 bits per heavy atom. The van der Waals surface area contributed by atoms with Gasteiger partial charge in [-0.2, -0.15) is 0 Å². The fourth-order valence-electron chi connectivity index (χ4n) is 4.25. The van der Waals surface area contributed by atoms with Crippen molar-refractivity contribution in [1.29, 1.82) is 0 Å². The molecule has 1 fully saturated rings. The van der Waals surface area contributed by atoms with Crippen LogP contribution in [0.3, 0.4) is 0 Å². The molecule has 0 radical (unpaired) electrons. The van der Waals surface area contributed by atoms with E-state index in [4.69, 9.17) is 16.6 Å². The zero-order chi connectivity index (χ0) is 22.8. The van der Waals surface area contributed by atoms with E-state index in [2.05, 4.69) is 38.7 Å². The second-order valence-electron chi connectivity index (χ2n) is 8.24. The van der Waals surface area contributed by atoms with Gasteiger partial charge in [0.1, 0.15) is 11.6 Å². The highest BCUT2D eigenvalue weighted by molar-refractivity contribution is 6.34. The van der Waals surface area contributed by atoms with Gasteiger partial charge in [0.05, 0.1) is 22.3 Å². The second-order valence-corrected chi connectivity index (χ2v) is 8.65. The van der Waals surface area contributed by atoms with E-state index in [0.717, 1.165) is 59.7 Å². The molecule has 0 saturated carbocycles. The van der Waals surface area contributed by atoms with Crippen LogP contribution in [0.15, 0.2) is 67.0 Å². The van der Waals surface area contributed by atoms with Gasteiger partial charge < -0.3 is 15.5 Å². The van der Waals surface area contributed by atoms with Crippen molar-refractivity contribution in [3.05, 3.63) is 83.4 Å². The van der Waals surface area contributed by atoms with Crippen LogP contribution in [0.1, 0.15) is 18.5 Å². The van der Waals surface area contributed by atoms with Crippen molar-refractivity contribution in [3.63, 3.8) is 0 Å². The van der Waals surface area contributed by atoms with Crippen LogP contribution < -0.4 is 15.5 Å². The van der Waals surface area contributed by atoms with E-state index in [1.807, 2.05) is 31.3 Å². The Balaban J connectivity index is 1.47. The first-order valence-electron chi connectivity index (χ1n) is 11.1. The topological polar surface area (TPSA) is 53.1 Å². The molecule has 0 bridgehead atoms. The van der Waals surface area contributed by atoms with Crippen molar-refractivity contribution in [2.24, 2.45) is 0 Å². The lowest BCUT2D eigenvalue weighted by atomic mass is 10.0. The number of benzene rings is 2. The molecule has 1 aliphatic heterocycles. The van der Waals surface area contributed by atoms with Crippen LogP contribution in [-0.4, -0.2) is 36.1 Å². The van der Waals surface area contributed by atoms with Gasteiger partial charge in [-0.1, -0.05) is 35.9 Å². The molecule has 0 unspecified atom stereocenters. The van der Waals surface area contributed by atoms with Gasteiger partial charge in [0, 0.05) is 55.1 Å². The normalized spacial score (nSPS) is 14.9. The summed E-state index contributed by atoms with van der Waals surface area (Å²) in [5.41, 5.74) is 4.18. The standard InChI is InChI=1S/C26H25ClFN5/c1-17(20-4-2-3-5-23(20)28)32-26-21-14-18(6-8-24(21)30-16-22(26)27)19-7-9-25(31-15-19)33-12-10-29-11-13-33/h2-9,14-17,29H,10-13H2,1H3,(H,30,32)/t17-/m1/s1. The molecular weight excluding hydrogens is 437 g/mol. The molecule has 33 heavy (non-hydrogen) atoms. The number of nitrogens with one attached hydrogen (secondary N) is 2. The monoisotopic (exact) mass is 461 g/mol. The first kappa shape index (κ1) is 21.6. The number of pyridine rings is 2. The van der Waals surface area contributed by atoms with Crippen LogP contribution in [0.2, 0.25) is 5.02 Å². The maximum absolute atomic E-state index is 14.3. The number of halogens is 2. The van der Waals surface area contributed by atoms with Gasteiger partial charge in [0.15, 0.2) is 0 Å². The van der Waals surface area contributed by atoms with Crippen LogP contribution in [0, 0.1) is 5.82 Å². The molecule has 168 valence electrons. The fraction of sp³-hybridized carbons (Fsp3) is 0.231. The minimum Gasteiger partial charge on any atom is -0.377 e. The van der Waals surface area contributed by atoms with E-state index < -0.39 is 0 Å². The molecule has 5 nitrogen and oxygen atoms in total. The Kier molecular flexibility index (Phi) is 6.11. The number of hydrogen-bond donors (Lipinski definition) is 2. The van der Waals surface area contributed by atoms with Gasteiger partial charge in [-0.15, -0.1) is 0 Å². The third-order valence-corrected chi connectivity index (χ3v) is 6.36. The van der Waals surface area contributed by atoms with E-state index in [1.165, 1.54) is 6.07 Å². The molecule has 7 heteroatoms. The highest BCUT2D eigenvalue weighted by atomic mass is 35.5. The molecule has 1 aliphatic rings. The molecule has 2 N–H and O–H groups in total. The van der Waals surface area contributed by atoms with Gasteiger partial charge in [-0.3, -0.25) is 4.98 Å². The lowest BCUT2D eigenvalue weighted by molar-refractivity contribution is 0.585. The van der Waals surface area contributed by atoms with Crippen LogP contribution in [0.25, 0.3) is 22.0 Å². The molecule has 2 aromatic carbocycles. The first-order valence-corrected chi connectivity index (χ1v) is 11.5. The van der Waals surface area contributed by atoms with Crippen LogP contribution in [0.4, 0.5) is 15.9 Å². The minimum atomic E-state index is -0.266. The molecule has 0 aliphatic carbocycles. The van der Waals surface area contributed by atoms with Gasteiger partial charge in [-0.05, 0) is 42.8 Å². The van der Waals surface area contributed by atoms with Crippen molar-refractivity contribution < 1.29 is 4.39 Å². The van der Waals surface area contributed by atoms with Crippen LogP contribution >= 0.6 is 11.6 Å². The summed E-state index contributed by atoms with van der Waals surface area (Å²) in [6.07, 6.45) is 3.54. The van der Waals surface area contributed by atoms with E-state index in [1.54, 1.807) is 18.3 Å².